The van der Waals surface area contributed by atoms with Crippen molar-refractivity contribution < 1.29 is 23.5 Å². The molecule has 0 bridgehead atoms. The van der Waals surface area contributed by atoms with Gasteiger partial charge in [0.25, 0.3) is 5.91 Å². The van der Waals surface area contributed by atoms with Crippen molar-refractivity contribution in [2.45, 2.75) is 13.5 Å². The van der Waals surface area contributed by atoms with Crippen molar-refractivity contribution in [2.24, 2.45) is 0 Å². The Morgan fingerprint density at radius 2 is 2.11 bits per heavy atom. The second-order valence-electron chi connectivity index (χ2n) is 6.17. The van der Waals surface area contributed by atoms with Crippen molar-refractivity contribution >= 4 is 17.6 Å². The maximum absolute atomic E-state index is 13.5. The van der Waals surface area contributed by atoms with Crippen LogP contribution in [0.15, 0.2) is 42.5 Å². The van der Waals surface area contributed by atoms with Crippen LogP contribution in [0.5, 0.6) is 11.5 Å². The molecule has 1 heterocycles. The Kier molecular flexibility index (Phi) is 6.31. The van der Waals surface area contributed by atoms with E-state index in [9.17, 15) is 14.0 Å². The van der Waals surface area contributed by atoms with E-state index in [1.807, 2.05) is 13.0 Å². The number of fused-ring (bicyclic) bond motifs is 1. The van der Waals surface area contributed by atoms with Gasteiger partial charge in [0.2, 0.25) is 0 Å². The van der Waals surface area contributed by atoms with Crippen LogP contribution >= 0.6 is 0 Å². The van der Waals surface area contributed by atoms with Gasteiger partial charge >= 0.3 is 6.03 Å². The molecular weight excluding hydrogens is 365 g/mol. The number of carbonyl (C=O) groups excluding carboxylic acids is 2. The van der Waals surface area contributed by atoms with E-state index in [1.165, 1.54) is 23.1 Å². The average molecular weight is 387 g/mol. The number of hydrogen-bond donors (Lipinski definition) is 2. The Balaban J connectivity index is 1.54. The van der Waals surface area contributed by atoms with Crippen LogP contribution in [0.3, 0.4) is 0 Å². The molecule has 0 atom stereocenters. The van der Waals surface area contributed by atoms with Crippen LogP contribution in [-0.2, 0) is 11.3 Å². The average Bonchev–Trinajstić information content (AvgIpc) is 2.82. The third-order valence-electron chi connectivity index (χ3n) is 4.19. The number of rotatable bonds is 6. The van der Waals surface area contributed by atoms with Gasteiger partial charge in [-0.1, -0.05) is 12.1 Å². The molecule has 3 amide bonds. The molecule has 148 valence electrons. The second-order valence-corrected chi connectivity index (χ2v) is 6.17. The Morgan fingerprint density at radius 3 is 2.93 bits per heavy atom. The number of ether oxygens (including phenoxy) is 2. The van der Waals surface area contributed by atoms with Crippen LogP contribution in [0.4, 0.5) is 14.9 Å². The number of amides is 3. The summed E-state index contributed by atoms with van der Waals surface area (Å²) in [6, 6.07) is 10.9. The molecule has 7 nitrogen and oxygen atoms in total. The number of benzene rings is 2. The van der Waals surface area contributed by atoms with Crippen molar-refractivity contribution in [3.8, 4) is 11.5 Å². The Labute approximate surface area is 162 Å². The van der Waals surface area contributed by atoms with E-state index in [0.29, 0.717) is 29.4 Å². The number of nitrogens with one attached hydrogen (secondary N) is 2. The highest BCUT2D eigenvalue weighted by Crippen LogP contribution is 2.24. The fourth-order valence-corrected chi connectivity index (χ4v) is 2.86. The molecule has 1 aliphatic heterocycles. The Bertz CT molecular complexity index is 859. The minimum atomic E-state index is -0.405. The lowest BCUT2D eigenvalue weighted by Crippen LogP contribution is -2.40. The molecule has 2 aromatic carbocycles. The minimum Gasteiger partial charge on any atom is -0.492 e. The number of halogens is 1. The highest BCUT2D eigenvalue weighted by molar-refractivity contribution is 5.90. The monoisotopic (exact) mass is 387 g/mol. The molecule has 0 saturated carbocycles. The molecule has 0 radical (unpaired) electrons. The summed E-state index contributed by atoms with van der Waals surface area (Å²) in [5.41, 5.74) is 1.16. The molecule has 1 aliphatic rings. The third kappa shape index (κ3) is 4.91. The molecule has 3 rings (SSSR count). The lowest BCUT2D eigenvalue weighted by Gasteiger charge is -2.20. The van der Waals surface area contributed by atoms with E-state index in [4.69, 9.17) is 9.47 Å². The summed E-state index contributed by atoms with van der Waals surface area (Å²) in [6.45, 7) is 2.97. The smallest absolute Gasteiger partial charge is 0.319 e. The van der Waals surface area contributed by atoms with Gasteiger partial charge in [-0.05, 0) is 37.3 Å². The summed E-state index contributed by atoms with van der Waals surface area (Å²) in [5.74, 6) is 0.469. The molecule has 0 unspecified atom stereocenters. The largest absolute Gasteiger partial charge is 0.492 e. The minimum absolute atomic E-state index is 0.118. The summed E-state index contributed by atoms with van der Waals surface area (Å²) in [4.78, 5) is 25.9. The molecule has 0 saturated heterocycles. The van der Waals surface area contributed by atoms with Crippen molar-refractivity contribution in [1.29, 1.82) is 0 Å². The summed E-state index contributed by atoms with van der Waals surface area (Å²) in [7, 11) is 0. The lowest BCUT2D eigenvalue weighted by molar-refractivity contribution is -0.133. The van der Waals surface area contributed by atoms with Crippen LogP contribution in [0.1, 0.15) is 12.5 Å². The first-order valence-electron chi connectivity index (χ1n) is 9.02. The topological polar surface area (TPSA) is 79.9 Å². The van der Waals surface area contributed by atoms with Gasteiger partial charge in [0.1, 0.15) is 17.3 Å². The quantitative estimate of drug-likeness (QED) is 0.799. The normalized spacial score (nSPS) is 13.2. The Hall–Kier alpha value is -3.29. The molecule has 0 aromatic heterocycles. The fourth-order valence-electron chi connectivity index (χ4n) is 2.86. The molecular formula is C20H22FN3O4. The van der Waals surface area contributed by atoms with Gasteiger partial charge in [-0.3, -0.25) is 4.79 Å². The van der Waals surface area contributed by atoms with Crippen molar-refractivity contribution in [1.82, 2.24) is 10.2 Å². The van der Waals surface area contributed by atoms with E-state index in [-0.39, 0.29) is 38.0 Å². The fraction of sp³-hybridized carbons (Fsp3) is 0.300. The number of hydrogen-bond acceptors (Lipinski definition) is 4. The van der Waals surface area contributed by atoms with Crippen LogP contribution < -0.4 is 20.1 Å². The molecule has 8 heteroatoms. The summed E-state index contributed by atoms with van der Waals surface area (Å²) in [5, 5.41) is 5.44. The SMILES string of the molecule is CCOc1ccccc1NC(=O)NCCN1Cc2cc(F)ccc2OCC1=O. The standard InChI is InChI=1S/C20H22FN3O4/c1-2-27-18-6-4-3-5-16(18)23-20(26)22-9-10-24-12-14-11-15(21)7-8-17(14)28-13-19(24)25/h3-8,11H,2,9-10,12-13H2,1H3,(H2,22,23,26). The van der Waals surface area contributed by atoms with Gasteiger partial charge < -0.3 is 25.0 Å². The van der Waals surface area contributed by atoms with E-state index < -0.39 is 6.03 Å². The van der Waals surface area contributed by atoms with Gasteiger partial charge in [-0.2, -0.15) is 0 Å². The maximum Gasteiger partial charge on any atom is 0.319 e. The van der Waals surface area contributed by atoms with Crippen molar-refractivity contribution in [3.05, 3.63) is 53.8 Å². The van der Waals surface area contributed by atoms with Crippen LogP contribution in [0, 0.1) is 5.82 Å². The van der Waals surface area contributed by atoms with Crippen molar-refractivity contribution in [2.75, 3.05) is 31.6 Å². The maximum atomic E-state index is 13.5. The van der Waals surface area contributed by atoms with Crippen molar-refractivity contribution in [3.63, 3.8) is 0 Å². The summed E-state index contributed by atoms with van der Waals surface area (Å²) in [6.07, 6.45) is 0. The molecule has 0 fully saturated rings. The first kappa shape index (κ1) is 19.5. The number of para-hydroxylation sites is 2. The second kappa shape index (κ2) is 9.07. The van der Waals surface area contributed by atoms with Gasteiger partial charge in [0.15, 0.2) is 6.61 Å². The first-order chi connectivity index (χ1) is 13.6. The lowest BCUT2D eigenvalue weighted by atomic mass is 10.2. The van der Waals surface area contributed by atoms with E-state index in [1.54, 1.807) is 18.2 Å². The summed E-state index contributed by atoms with van der Waals surface area (Å²) >= 11 is 0. The van der Waals surface area contributed by atoms with E-state index in [0.717, 1.165) is 0 Å². The molecule has 2 aromatic rings. The molecule has 2 N–H and O–H groups in total. The van der Waals surface area contributed by atoms with Crippen LogP contribution in [-0.4, -0.2) is 43.1 Å². The zero-order valence-corrected chi connectivity index (χ0v) is 15.5. The van der Waals surface area contributed by atoms with Gasteiger partial charge in [0.05, 0.1) is 12.3 Å². The van der Waals surface area contributed by atoms with E-state index in [2.05, 4.69) is 10.6 Å². The number of carbonyl (C=O) groups is 2. The van der Waals surface area contributed by atoms with Crippen LogP contribution in [0.25, 0.3) is 0 Å². The molecule has 0 aliphatic carbocycles. The summed E-state index contributed by atoms with van der Waals surface area (Å²) < 4.78 is 24.4. The van der Waals surface area contributed by atoms with E-state index >= 15 is 0 Å². The van der Waals surface area contributed by atoms with Gasteiger partial charge in [0, 0.05) is 25.2 Å². The predicted octanol–water partition coefficient (Wildman–Crippen LogP) is 2.77. The number of nitrogens with zero attached hydrogens (tertiary/aromatic N) is 1. The third-order valence-corrected chi connectivity index (χ3v) is 4.19. The predicted molar refractivity (Wildman–Crippen MR) is 102 cm³/mol. The van der Waals surface area contributed by atoms with Crippen LogP contribution in [0.2, 0.25) is 0 Å². The number of urea groups is 1. The number of anilines is 1. The zero-order valence-electron chi connectivity index (χ0n) is 15.5. The Morgan fingerprint density at radius 1 is 1.29 bits per heavy atom. The highest BCUT2D eigenvalue weighted by Gasteiger charge is 2.21. The highest BCUT2D eigenvalue weighted by atomic mass is 19.1. The molecule has 0 spiro atoms. The first-order valence-corrected chi connectivity index (χ1v) is 9.02. The van der Waals surface area contributed by atoms with Gasteiger partial charge in [-0.15, -0.1) is 0 Å². The zero-order chi connectivity index (χ0) is 19.9. The molecule has 28 heavy (non-hydrogen) atoms. The van der Waals surface area contributed by atoms with Gasteiger partial charge in [-0.25, -0.2) is 9.18 Å².